The van der Waals surface area contributed by atoms with E-state index in [1.165, 1.54) is 11.1 Å². The quantitative estimate of drug-likeness (QED) is 0.466. The third-order valence-electron chi connectivity index (χ3n) is 5.67. The maximum absolute atomic E-state index is 5.57. The molecule has 0 unspecified atom stereocenters. The van der Waals surface area contributed by atoms with Gasteiger partial charge in [-0.25, -0.2) is 4.68 Å². The van der Waals surface area contributed by atoms with Gasteiger partial charge in [-0.15, -0.1) is 0 Å². The molecule has 2 aromatic carbocycles. The third-order valence-corrected chi connectivity index (χ3v) is 5.67. The number of tetrazole rings is 1. The van der Waals surface area contributed by atoms with E-state index in [0.29, 0.717) is 12.4 Å². The van der Waals surface area contributed by atoms with Gasteiger partial charge in [-0.05, 0) is 40.0 Å². The summed E-state index contributed by atoms with van der Waals surface area (Å²) in [6.45, 7) is 5.58. The van der Waals surface area contributed by atoms with Gasteiger partial charge in [0.25, 0.3) is 0 Å². The predicted octanol–water partition coefficient (Wildman–Crippen LogP) is 4.24. The fourth-order valence-electron chi connectivity index (χ4n) is 3.99. The van der Waals surface area contributed by atoms with Gasteiger partial charge in [-0.1, -0.05) is 78.7 Å². The lowest BCUT2D eigenvalue weighted by molar-refractivity contribution is 0.348. The van der Waals surface area contributed by atoms with E-state index in [2.05, 4.69) is 92.9 Å². The first-order valence-corrected chi connectivity index (χ1v) is 10.7. The molecule has 3 heterocycles. The molecule has 158 valence electrons. The molecule has 0 amide bonds. The van der Waals surface area contributed by atoms with Crippen LogP contribution in [-0.2, 0) is 6.54 Å². The first-order chi connectivity index (χ1) is 15.2. The van der Waals surface area contributed by atoms with E-state index in [4.69, 9.17) is 4.52 Å². The van der Waals surface area contributed by atoms with Gasteiger partial charge in [0.1, 0.15) is 6.04 Å². The van der Waals surface area contributed by atoms with Crippen LogP contribution in [0.3, 0.4) is 0 Å². The van der Waals surface area contributed by atoms with E-state index in [1.807, 2.05) is 10.7 Å². The molecule has 1 aliphatic rings. The van der Waals surface area contributed by atoms with Gasteiger partial charge in [0.15, 0.2) is 5.82 Å². The van der Waals surface area contributed by atoms with E-state index >= 15 is 0 Å². The van der Waals surface area contributed by atoms with Crippen LogP contribution in [0.2, 0.25) is 0 Å². The molecule has 8 heteroatoms. The van der Waals surface area contributed by atoms with Crippen LogP contribution in [0.4, 0.5) is 5.95 Å². The number of rotatable bonds is 6. The van der Waals surface area contributed by atoms with Crippen molar-refractivity contribution < 1.29 is 4.52 Å². The van der Waals surface area contributed by atoms with Crippen LogP contribution in [-0.4, -0.2) is 36.9 Å². The van der Waals surface area contributed by atoms with Crippen LogP contribution < -0.4 is 4.90 Å². The third kappa shape index (κ3) is 3.93. The minimum absolute atomic E-state index is 0.00482. The Morgan fingerprint density at radius 2 is 1.81 bits per heavy atom. The van der Waals surface area contributed by atoms with E-state index in [1.54, 1.807) is 0 Å². The summed E-state index contributed by atoms with van der Waals surface area (Å²) in [5.41, 5.74) is 3.54. The molecule has 1 atom stereocenters. The minimum Gasteiger partial charge on any atom is -0.337 e. The van der Waals surface area contributed by atoms with E-state index in [9.17, 15) is 0 Å². The van der Waals surface area contributed by atoms with E-state index in [-0.39, 0.29) is 12.0 Å². The van der Waals surface area contributed by atoms with Crippen molar-refractivity contribution >= 4 is 5.95 Å². The van der Waals surface area contributed by atoms with Crippen LogP contribution in [0.5, 0.6) is 0 Å². The fraction of sp³-hybridized carbons (Fsp3) is 0.348. The highest BCUT2D eigenvalue weighted by atomic mass is 16.5. The molecule has 0 N–H and O–H groups in total. The van der Waals surface area contributed by atoms with Crippen molar-refractivity contribution in [3.05, 3.63) is 71.9 Å². The second-order valence-corrected chi connectivity index (χ2v) is 8.20. The minimum atomic E-state index is 0.00482. The average molecular weight is 416 g/mol. The van der Waals surface area contributed by atoms with Crippen molar-refractivity contribution in [3.63, 3.8) is 0 Å². The molecule has 5 rings (SSSR count). The largest absolute Gasteiger partial charge is 0.337 e. The number of anilines is 1. The van der Waals surface area contributed by atoms with Crippen LogP contribution >= 0.6 is 0 Å². The van der Waals surface area contributed by atoms with Crippen molar-refractivity contribution in [1.29, 1.82) is 0 Å². The second kappa shape index (κ2) is 8.29. The summed E-state index contributed by atoms with van der Waals surface area (Å²) in [5, 5.41) is 16.6. The highest BCUT2D eigenvalue weighted by Gasteiger charge is 2.34. The van der Waals surface area contributed by atoms with Crippen LogP contribution in [0.25, 0.3) is 11.1 Å². The highest BCUT2D eigenvalue weighted by molar-refractivity contribution is 5.63. The maximum Gasteiger partial charge on any atom is 0.249 e. The zero-order valence-corrected chi connectivity index (χ0v) is 17.7. The normalized spacial score (nSPS) is 16.4. The van der Waals surface area contributed by atoms with Gasteiger partial charge in [-0.3, -0.25) is 0 Å². The Labute approximate surface area is 180 Å². The van der Waals surface area contributed by atoms with Crippen LogP contribution in [0.1, 0.15) is 55.9 Å². The molecule has 0 spiro atoms. The number of benzene rings is 2. The van der Waals surface area contributed by atoms with Crippen molar-refractivity contribution in [2.75, 3.05) is 11.4 Å². The molecule has 0 bridgehead atoms. The van der Waals surface area contributed by atoms with Crippen molar-refractivity contribution in [3.8, 4) is 11.1 Å². The molecule has 4 aromatic rings. The number of hydrogen-bond donors (Lipinski definition) is 0. The lowest BCUT2D eigenvalue weighted by atomic mass is 10.0. The Morgan fingerprint density at radius 3 is 2.55 bits per heavy atom. The summed E-state index contributed by atoms with van der Waals surface area (Å²) < 4.78 is 7.41. The van der Waals surface area contributed by atoms with Gasteiger partial charge in [0.05, 0.1) is 6.54 Å². The van der Waals surface area contributed by atoms with Gasteiger partial charge in [-0.2, -0.15) is 4.98 Å². The molecular weight excluding hydrogens is 390 g/mol. The van der Waals surface area contributed by atoms with Gasteiger partial charge in [0.2, 0.25) is 11.8 Å². The SMILES string of the molecule is CC(C)c1noc([C@@H]2CCCN2c2nnnn2Cc2ccc(-c3ccccc3)cc2)n1. The monoisotopic (exact) mass is 415 g/mol. The molecule has 2 aromatic heterocycles. The predicted molar refractivity (Wildman–Crippen MR) is 117 cm³/mol. The average Bonchev–Trinajstić information content (AvgIpc) is 3.55. The van der Waals surface area contributed by atoms with Gasteiger partial charge in [0, 0.05) is 12.5 Å². The molecular formula is C23H25N7O. The molecule has 1 fully saturated rings. The fourth-order valence-corrected chi connectivity index (χ4v) is 3.99. The summed E-state index contributed by atoms with van der Waals surface area (Å²) in [5.74, 6) is 2.35. The van der Waals surface area contributed by atoms with Crippen LogP contribution in [0, 0.1) is 0 Å². The Morgan fingerprint density at radius 1 is 1.03 bits per heavy atom. The zero-order valence-electron chi connectivity index (χ0n) is 17.7. The molecule has 1 aliphatic heterocycles. The van der Waals surface area contributed by atoms with Gasteiger partial charge < -0.3 is 9.42 Å². The molecule has 8 nitrogen and oxygen atoms in total. The van der Waals surface area contributed by atoms with E-state index < -0.39 is 0 Å². The molecule has 1 saturated heterocycles. The highest BCUT2D eigenvalue weighted by Crippen LogP contribution is 2.34. The number of nitrogens with zero attached hydrogens (tertiary/aromatic N) is 7. The van der Waals surface area contributed by atoms with Crippen LogP contribution in [0.15, 0.2) is 59.1 Å². The standard InChI is InChI=1S/C23H25N7O/c1-16(2)21-24-22(31-26-21)20-9-6-14-29(20)23-25-27-28-30(23)15-17-10-12-19(13-11-17)18-7-4-3-5-8-18/h3-5,7-8,10-13,16,20H,6,9,14-15H2,1-2H3/t20-/m0/s1. The Balaban J connectivity index is 1.35. The van der Waals surface area contributed by atoms with Gasteiger partial charge >= 0.3 is 0 Å². The lowest BCUT2D eigenvalue weighted by Gasteiger charge is -2.22. The summed E-state index contributed by atoms with van der Waals surface area (Å²) in [6.07, 6.45) is 1.97. The Kier molecular flexibility index (Phi) is 5.19. The first kappa shape index (κ1) is 19.4. The summed E-state index contributed by atoms with van der Waals surface area (Å²) in [7, 11) is 0. The van der Waals surface area contributed by atoms with Crippen molar-refractivity contribution in [2.45, 2.75) is 45.2 Å². The number of hydrogen-bond acceptors (Lipinski definition) is 7. The topological polar surface area (TPSA) is 85.8 Å². The number of aromatic nitrogens is 6. The van der Waals surface area contributed by atoms with E-state index in [0.717, 1.165) is 36.7 Å². The maximum atomic E-state index is 5.57. The molecule has 0 radical (unpaired) electrons. The molecule has 0 saturated carbocycles. The zero-order chi connectivity index (χ0) is 21.2. The summed E-state index contributed by atoms with van der Waals surface area (Å²) >= 11 is 0. The summed E-state index contributed by atoms with van der Waals surface area (Å²) in [4.78, 5) is 6.78. The van der Waals surface area contributed by atoms with Crippen molar-refractivity contribution in [1.82, 2.24) is 30.3 Å². The Bertz CT molecular complexity index is 1130. The second-order valence-electron chi connectivity index (χ2n) is 8.20. The Hall–Kier alpha value is -3.55. The smallest absolute Gasteiger partial charge is 0.249 e. The molecule has 0 aliphatic carbocycles. The first-order valence-electron chi connectivity index (χ1n) is 10.7. The van der Waals surface area contributed by atoms with Crippen molar-refractivity contribution in [2.24, 2.45) is 0 Å². The lowest BCUT2D eigenvalue weighted by Crippen LogP contribution is -2.26. The molecule has 31 heavy (non-hydrogen) atoms. The summed E-state index contributed by atoms with van der Waals surface area (Å²) in [6, 6.07) is 18.9.